The van der Waals surface area contributed by atoms with Crippen molar-refractivity contribution in [1.82, 2.24) is 9.55 Å². The standard InChI is InChI=1S/C16H12BrN5O2/c17-9-6-13-12(23-7-24-13)5-8(9)14-20-15(18)21-16-19-10-3-1-2-4-11(10)22(14)16/h1-6,14H,7H2,(H3,18,19,20,21)/t14-/m1/s1. The summed E-state index contributed by atoms with van der Waals surface area (Å²) in [5, 5.41) is 3.03. The molecule has 0 spiro atoms. The van der Waals surface area contributed by atoms with Crippen LogP contribution in [0, 0.1) is 0 Å². The van der Waals surface area contributed by atoms with Gasteiger partial charge < -0.3 is 15.2 Å². The molecular formula is C16H12BrN5O2. The number of para-hydroxylation sites is 2. The minimum absolute atomic E-state index is 0.224. The number of rotatable bonds is 1. The second-order valence-corrected chi connectivity index (χ2v) is 6.39. The topological polar surface area (TPSA) is 86.7 Å². The first-order chi connectivity index (χ1) is 11.7. The van der Waals surface area contributed by atoms with Crippen LogP contribution in [0.5, 0.6) is 11.5 Å². The number of fused-ring (bicyclic) bond motifs is 4. The second-order valence-electron chi connectivity index (χ2n) is 5.53. The van der Waals surface area contributed by atoms with Gasteiger partial charge in [-0.1, -0.05) is 28.1 Å². The number of hydrogen-bond acceptors (Lipinski definition) is 6. The summed E-state index contributed by atoms with van der Waals surface area (Å²) in [4.78, 5) is 9.18. The van der Waals surface area contributed by atoms with Crippen molar-refractivity contribution in [3.8, 4) is 11.5 Å². The van der Waals surface area contributed by atoms with Gasteiger partial charge in [0, 0.05) is 10.0 Å². The number of imidazole rings is 1. The van der Waals surface area contributed by atoms with E-state index < -0.39 is 0 Å². The number of aliphatic imine (C=N–C) groups is 1. The van der Waals surface area contributed by atoms with Crippen molar-refractivity contribution in [1.29, 1.82) is 0 Å². The first-order valence-electron chi connectivity index (χ1n) is 7.37. The summed E-state index contributed by atoms with van der Waals surface area (Å²) in [5.74, 6) is 2.41. The van der Waals surface area contributed by atoms with Crippen LogP contribution in [0.2, 0.25) is 0 Å². The van der Waals surface area contributed by atoms with Crippen LogP contribution in [0.4, 0.5) is 5.95 Å². The third kappa shape index (κ3) is 1.89. The van der Waals surface area contributed by atoms with Crippen LogP contribution in [-0.2, 0) is 0 Å². The van der Waals surface area contributed by atoms with E-state index in [0.717, 1.165) is 21.1 Å². The van der Waals surface area contributed by atoms with Gasteiger partial charge in [0.15, 0.2) is 23.6 Å². The third-order valence-corrected chi connectivity index (χ3v) is 4.80. The van der Waals surface area contributed by atoms with Gasteiger partial charge in [-0.25, -0.2) is 9.98 Å². The molecule has 2 aliphatic rings. The van der Waals surface area contributed by atoms with Gasteiger partial charge in [0.05, 0.1) is 11.0 Å². The number of ether oxygens (including phenoxy) is 2. The molecule has 2 aromatic carbocycles. The zero-order chi connectivity index (χ0) is 16.3. The normalized spacial score (nSPS) is 18.2. The SMILES string of the molecule is NC1=N[C@@H](c2cc3c(cc2Br)OCO3)n2c(nc3ccccc32)N1. The molecule has 0 fully saturated rings. The summed E-state index contributed by atoms with van der Waals surface area (Å²) >= 11 is 3.61. The molecule has 0 bridgehead atoms. The average Bonchev–Trinajstić information content (AvgIpc) is 3.16. The largest absolute Gasteiger partial charge is 0.454 e. The van der Waals surface area contributed by atoms with Crippen LogP contribution in [0.25, 0.3) is 11.0 Å². The van der Waals surface area contributed by atoms with E-state index in [9.17, 15) is 0 Å². The number of aromatic nitrogens is 2. The number of benzene rings is 2. The summed E-state index contributed by atoms with van der Waals surface area (Å²) in [5.41, 5.74) is 8.76. The van der Waals surface area contributed by atoms with Gasteiger partial charge in [-0.2, -0.15) is 0 Å². The Morgan fingerprint density at radius 1 is 1.21 bits per heavy atom. The van der Waals surface area contributed by atoms with Gasteiger partial charge in [-0.15, -0.1) is 0 Å². The van der Waals surface area contributed by atoms with Crippen molar-refractivity contribution in [3.63, 3.8) is 0 Å². The highest BCUT2D eigenvalue weighted by Crippen LogP contribution is 2.42. The molecule has 7 nitrogen and oxygen atoms in total. The molecule has 8 heteroatoms. The van der Waals surface area contributed by atoms with E-state index in [1.165, 1.54) is 0 Å². The fourth-order valence-electron chi connectivity index (χ4n) is 3.06. The first-order valence-corrected chi connectivity index (χ1v) is 8.16. The van der Waals surface area contributed by atoms with Gasteiger partial charge >= 0.3 is 0 Å². The molecule has 0 unspecified atom stereocenters. The summed E-state index contributed by atoms with van der Waals surface area (Å²) in [7, 11) is 0. The van der Waals surface area contributed by atoms with Crippen molar-refractivity contribution in [2.24, 2.45) is 10.7 Å². The van der Waals surface area contributed by atoms with E-state index in [1.54, 1.807) is 0 Å². The number of hydrogen-bond donors (Lipinski definition) is 2. The maximum atomic E-state index is 5.98. The molecule has 1 atom stereocenters. The Morgan fingerprint density at radius 2 is 2.00 bits per heavy atom. The van der Waals surface area contributed by atoms with Crippen molar-refractivity contribution < 1.29 is 9.47 Å². The first kappa shape index (κ1) is 13.7. The molecule has 1 aromatic heterocycles. The highest BCUT2D eigenvalue weighted by molar-refractivity contribution is 9.10. The number of guanidine groups is 1. The summed E-state index contributed by atoms with van der Waals surface area (Å²) < 4.78 is 13.8. The lowest BCUT2D eigenvalue weighted by Gasteiger charge is -2.24. The molecule has 0 saturated carbocycles. The number of nitrogens with two attached hydrogens (primary N) is 1. The average molecular weight is 386 g/mol. The highest BCUT2D eigenvalue weighted by atomic mass is 79.9. The number of anilines is 1. The molecular weight excluding hydrogens is 374 g/mol. The lowest BCUT2D eigenvalue weighted by Crippen LogP contribution is -2.31. The molecule has 0 radical (unpaired) electrons. The van der Waals surface area contributed by atoms with Crippen LogP contribution < -0.4 is 20.5 Å². The van der Waals surface area contributed by atoms with Gasteiger partial charge in [-0.05, 0) is 24.3 Å². The quantitative estimate of drug-likeness (QED) is 0.672. The molecule has 0 aliphatic carbocycles. The summed E-state index contributed by atoms with van der Waals surface area (Å²) in [6, 6.07) is 11.7. The minimum atomic E-state index is -0.350. The Morgan fingerprint density at radius 3 is 2.88 bits per heavy atom. The van der Waals surface area contributed by atoms with Crippen LogP contribution in [0.15, 0.2) is 45.9 Å². The van der Waals surface area contributed by atoms with Crippen LogP contribution in [-0.4, -0.2) is 22.3 Å². The second kappa shape index (κ2) is 4.88. The lowest BCUT2D eigenvalue weighted by atomic mass is 10.1. The van der Waals surface area contributed by atoms with Crippen molar-refractivity contribution in [3.05, 3.63) is 46.4 Å². The highest BCUT2D eigenvalue weighted by Gasteiger charge is 2.28. The number of halogens is 1. The van der Waals surface area contributed by atoms with E-state index >= 15 is 0 Å². The monoisotopic (exact) mass is 385 g/mol. The zero-order valence-corrected chi connectivity index (χ0v) is 13.9. The summed E-state index contributed by atoms with van der Waals surface area (Å²) in [6.45, 7) is 0.224. The molecule has 0 saturated heterocycles. The Labute approximate surface area is 145 Å². The molecule has 2 aliphatic heterocycles. The molecule has 3 heterocycles. The van der Waals surface area contributed by atoms with Crippen LogP contribution in [0.3, 0.4) is 0 Å². The van der Waals surface area contributed by atoms with E-state index in [2.05, 4.69) is 31.2 Å². The Bertz CT molecular complexity index is 1010. The molecule has 0 amide bonds. The van der Waals surface area contributed by atoms with Gasteiger partial charge in [-0.3, -0.25) is 9.88 Å². The van der Waals surface area contributed by atoms with Gasteiger partial charge in [0.25, 0.3) is 0 Å². The predicted octanol–water partition coefficient (Wildman–Crippen LogP) is 2.81. The van der Waals surface area contributed by atoms with Crippen molar-refractivity contribution >= 4 is 38.9 Å². The molecule has 3 N–H and O–H groups in total. The Hall–Kier alpha value is -2.74. The van der Waals surface area contributed by atoms with E-state index in [0.29, 0.717) is 23.4 Å². The third-order valence-electron chi connectivity index (χ3n) is 4.11. The lowest BCUT2D eigenvalue weighted by molar-refractivity contribution is 0.174. The maximum absolute atomic E-state index is 5.98. The fourth-order valence-corrected chi connectivity index (χ4v) is 3.58. The smallest absolute Gasteiger partial charge is 0.231 e. The van der Waals surface area contributed by atoms with E-state index in [1.807, 2.05) is 41.0 Å². The van der Waals surface area contributed by atoms with Crippen molar-refractivity contribution in [2.45, 2.75) is 6.17 Å². The van der Waals surface area contributed by atoms with Crippen LogP contribution in [0.1, 0.15) is 11.7 Å². The Balaban J connectivity index is 1.76. The predicted molar refractivity (Wildman–Crippen MR) is 93.4 cm³/mol. The molecule has 120 valence electrons. The Kier molecular flexibility index (Phi) is 2.78. The number of nitrogens with zero attached hydrogens (tertiary/aromatic N) is 3. The van der Waals surface area contributed by atoms with Gasteiger partial charge in [0.2, 0.25) is 12.7 Å². The van der Waals surface area contributed by atoms with Crippen molar-refractivity contribution in [2.75, 3.05) is 12.1 Å². The van der Waals surface area contributed by atoms with Gasteiger partial charge in [0.1, 0.15) is 0 Å². The molecule has 3 aromatic rings. The molecule has 24 heavy (non-hydrogen) atoms. The minimum Gasteiger partial charge on any atom is -0.454 e. The van der Waals surface area contributed by atoms with E-state index in [4.69, 9.17) is 15.2 Å². The van der Waals surface area contributed by atoms with Crippen LogP contribution >= 0.6 is 15.9 Å². The number of nitrogens with one attached hydrogen (secondary N) is 1. The summed E-state index contributed by atoms with van der Waals surface area (Å²) in [6.07, 6.45) is -0.350. The fraction of sp³-hybridized carbons (Fsp3) is 0.125. The van der Waals surface area contributed by atoms with E-state index in [-0.39, 0.29) is 13.0 Å². The maximum Gasteiger partial charge on any atom is 0.231 e. The molecule has 5 rings (SSSR count). The zero-order valence-electron chi connectivity index (χ0n) is 12.4.